The summed E-state index contributed by atoms with van der Waals surface area (Å²) >= 11 is 3.45. The summed E-state index contributed by atoms with van der Waals surface area (Å²) in [4.78, 5) is 0. The summed E-state index contributed by atoms with van der Waals surface area (Å²) in [6, 6.07) is 8.46. The molecule has 2 fully saturated rings. The van der Waals surface area contributed by atoms with Crippen molar-refractivity contribution in [1.82, 2.24) is 5.32 Å². The standard InChI is InChI=1S/C17H24BrNO/c1-11(16-8-12-5-6-13(16)7-12)19-10-17(20)14-3-2-4-15(18)9-14/h2-4,9,11-13,16-17,19-20H,5-8,10H2,1H3. The van der Waals surface area contributed by atoms with Crippen molar-refractivity contribution in [2.24, 2.45) is 17.8 Å². The van der Waals surface area contributed by atoms with Crippen LogP contribution in [0.4, 0.5) is 0 Å². The molecule has 0 radical (unpaired) electrons. The lowest BCUT2D eigenvalue weighted by molar-refractivity contribution is 0.158. The molecular weight excluding hydrogens is 314 g/mol. The van der Waals surface area contributed by atoms with Crippen LogP contribution < -0.4 is 5.32 Å². The van der Waals surface area contributed by atoms with Crippen LogP contribution in [0.5, 0.6) is 0 Å². The van der Waals surface area contributed by atoms with Crippen molar-refractivity contribution in [2.75, 3.05) is 6.54 Å². The molecule has 0 heterocycles. The lowest BCUT2D eigenvalue weighted by Crippen LogP contribution is -2.38. The average molecular weight is 338 g/mol. The van der Waals surface area contributed by atoms with Crippen LogP contribution in [0.1, 0.15) is 44.3 Å². The van der Waals surface area contributed by atoms with Gasteiger partial charge in [0.2, 0.25) is 0 Å². The van der Waals surface area contributed by atoms with Crippen molar-refractivity contribution >= 4 is 15.9 Å². The summed E-state index contributed by atoms with van der Waals surface area (Å²) < 4.78 is 1.02. The Kier molecular flexibility index (Phi) is 4.49. The van der Waals surface area contributed by atoms with Gasteiger partial charge >= 0.3 is 0 Å². The molecule has 1 aromatic carbocycles. The van der Waals surface area contributed by atoms with Gasteiger partial charge in [-0.15, -0.1) is 0 Å². The van der Waals surface area contributed by atoms with Gasteiger partial charge in [0.1, 0.15) is 0 Å². The van der Waals surface area contributed by atoms with E-state index in [4.69, 9.17) is 0 Å². The maximum Gasteiger partial charge on any atom is 0.0914 e. The Bertz CT molecular complexity index is 464. The molecular formula is C17H24BrNO. The van der Waals surface area contributed by atoms with Crippen LogP contribution in [-0.2, 0) is 0 Å². The third kappa shape index (κ3) is 3.10. The molecule has 5 unspecified atom stereocenters. The molecule has 0 aromatic heterocycles. The summed E-state index contributed by atoms with van der Waals surface area (Å²) in [5, 5.41) is 13.8. The maximum absolute atomic E-state index is 10.3. The molecule has 2 N–H and O–H groups in total. The largest absolute Gasteiger partial charge is 0.387 e. The zero-order chi connectivity index (χ0) is 14.1. The monoisotopic (exact) mass is 337 g/mol. The van der Waals surface area contributed by atoms with Crippen molar-refractivity contribution < 1.29 is 5.11 Å². The van der Waals surface area contributed by atoms with Gasteiger partial charge in [0.05, 0.1) is 6.10 Å². The van der Waals surface area contributed by atoms with Crippen molar-refractivity contribution in [3.63, 3.8) is 0 Å². The minimum Gasteiger partial charge on any atom is -0.387 e. The van der Waals surface area contributed by atoms with Gasteiger partial charge in [-0.05, 0) is 61.6 Å². The van der Waals surface area contributed by atoms with Gasteiger partial charge < -0.3 is 10.4 Å². The molecule has 2 nitrogen and oxygen atoms in total. The number of hydrogen-bond donors (Lipinski definition) is 2. The third-order valence-electron chi connectivity index (χ3n) is 5.30. The first-order valence-corrected chi connectivity index (χ1v) is 8.59. The Morgan fingerprint density at radius 3 is 2.85 bits per heavy atom. The fourth-order valence-corrected chi connectivity index (χ4v) is 4.60. The molecule has 0 amide bonds. The molecule has 0 aliphatic heterocycles. The smallest absolute Gasteiger partial charge is 0.0914 e. The van der Waals surface area contributed by atoms with E-state index < -0.39 is 6.10 Å². The SMILES string of the molecule is CC(NCC(O)c1cccc(Br)c1)C1CC2CCC1C2. The fourth-order valence-electron chi connectivity index (χ4n) is 4.19. The molecule has 3 rings (SSSR count). The topological polar surface area (TPSA) is 32.3 Å². The highest BCUT2D eigenvalue weighted by Crippen LogP contribution is 2.49. The minimum absolute atomic E-state index is 0.423. The predicted octanol–water partition coefficient (Wildman–Crippen LogP) is 3.90. The Hall–Kier alpha value is -0.380. The average Bonchev–Trinajstić information content (AvgIpc) is 3.07. The van der Waals surface area contributed by atoms with Gasteiger partial charge in [0.15, 0.2) is 0 Å². The molecule has 2 aliphatic rings. The van der Waals surface area contributed by atoms with Gasteiger partial charge in [-0.2, -0.15) is 0 Å². The van der Waals surface area contributed by atoms with Crippen LogP contribution in [0.15, 0.2) is 28.7 Å². The van der Waals surface area contributed by atoms with Gasteiger partial charge in [-0.1, -0.05) is 34.5 Å². The Morgan fingerprint density at radius 1 is 1.35 bits per heavy atom. The number of benzene rings is 1. The fraction of sp³-hybridized carbons (Fsp3) is 0.647. The molecule has 20 heavy (non-hydrogen) atoms. The second-order valence-electron chi connectivity index (χ2n) is 6.61. The van der Waals surface area contributed by atoms with E-state index >= 15 is 0 Å². The number of rotatable bonds is 5. The maximum atomic E-state index is 10.3. The lowest BCUT2D eigenvalue weighted by atomic mass is 9.84. The van der Waals surface area contributed by atoms with Gasteiger partial charge in [0.25, 0.3) is 0 Å². The highest BCUT2D eigenvalue weighted by molar-refractivity contribution is 9.10. The Balaban J connectivity index is 1.51. The van der Waals surface area contributed by atoms with Crippen molar-refractivity contribution in [1.29, 1.82) is 0 Å². The van der Waals surface area contributed by atoms with Crippen LogP contribution in [0.2, 0.25) is 0 Å². The number of nitrogens with one attached hydrogen (secondary N) is 1. The van der Waals surface area contributed by atoms with E-state index in [-0.39, 0.29) is 0 Å². The first-order chi connectivity index (χ1) is 9.63. The summed E-state index contributed by atoms with van der Waals surface area (Å²) in [6.45, 7) is 2.94. The lowest BCUT2D eigenvalue weighted by Gasteiger charge is -2.29. The number of fused-ring (bicyclic) bond motifs is 2. The molecule has 2 bridgehead atoms. The van der Waals surface area contributed by atoms with Crippen molar-refractivity contribution in [3.05, 3.63) is 34.3 Å². The molecule has 110 valence electrons. The summed E-state index contributed by atoms with van der Waals surface area (Å²) in [7, 11) is 0. The van der Waals surface area contributed by atoms with Crippen molar-refractivity contribution in [2.45, 2.75) is 44.8 Å². The van der Waals surface area contributed by atoms with Crippen LogP contribution >= 0.6 is 15.9 Å². The van der Waals surface area contributed by atoms with Crippen LogP contribution in [0.25, 0.3) is 0 Å². The van der Waals surface area contributed by atoms with Gasteiger partial charge in [-0.25, -0.2) is 0 Å². The number of aliphatic hydroxyl groups is 1. The van der Waals surface area contributed by atoms with E-state index in [1.54, 1.807) is 0 Å². The molecule has 2 aliphatic carbocycles. The predicted molar refractivity (Wildman–Crippen MR) is 85.5 cm³/mol. The van der Waals surface area contributed by atoms with E-state index in [1.807, 2.05) is 24.3 Å². The Morgan fingerprint density at radius 2 is 2.20 bits per heavy atom. The van der Waals surface area contributed by atoms with Gasteiger partial charge in [-0.3, -0.25) is 0 Å². The summed E-state index contributed by atoms with van der Waals surface area (Å²) in [5.41, 5.74) is 0.979. The van der Waals surface area contributed by atoms with E-state index in [1.165, 1.54) is 25.7 Å². The van der Waals surface area contributed by atoms with E-state index in [0.29, 0.717) is 12.6 Å². The van der Waals surface area contributed by atoms with Crippen LogP contribution in [-0.4, -0.2) is 17.7 Å². The number of halogens is 1. The van der Waals surface area contributed by atoms with Gasteiger partial charge in [0, 0.05) is 17.1 Å². The molecule has 1 aromatic rings. The highest BCUT2D eigenvalue weighted by Gasteiger charge is 2.41. The first kappa shape index (κ1) is 14.6. The molecule has 5 atom stereocenters. The highest BCUT2D eigenvalue weighted by atomic mass is 79.9. The van der Waals surface area contributed by atoms with Crippen molar-refractivity contribution in [3.8, 4) is 0 Å². The first-order valence-electron chi connectivity index (χ1n) is 7.80. The summed E-state index contributed by atoms with van der Waals surface area (Å²) in [6.07, 6.45) is 5.30. The zero-order valence-electron chi connectivity index (χ0n) is 12.1. The van der Waals surface area contributed by atoms with E-state index in [2.05, 4.69) is 28.2 Å². The second kappa shape index (κ2) is 6.17. The molecule has 0 saturated heterocycles. The number of aliphatic hydroxyl groups excluding tert-OH is 1. The van der Waals surface area contributed by atoms with E-state index in [0.717, 1.165) is 27.8 Å². The molecule has 0 spiro atoms. The van der Waals surface area contributed by atoms with Crippen LogP contribution in [0, 0.1) is 17.8 Å². The number of hydrogen-bond acceptors (Lipinski definition) is 2. The Labute approximate surface area is 130 Å². The van der Waals surface area contributed by atoms with Crippen LogP contribution in [0.3, 0.4) is 0 Å². The summed E-state index contributed by atoms with van der Waals surface area (Å²) in [5.74, 6) is 2.75. The third-order valence-corrected chi connectivity index (χ3v) is 5.79. The normalized spacial score (nSPS) is 31.4. The van der Waals surface area contributed by atoms with E-state index in [9.17, 15) is 5.11 Å². The quantitative estimate of drug-likeness (QED) is 0.854. The zero-order valence-corrected chi connectivity index (χ0v) is 13.6. The minimum atomic E-state index is -0.423. The molecule has 3 heteroatoms. The molecule has 2 saturated carbocycles. The second-order valence-corrected chi connectivity index (χ2v) is 7.52.